The van der Waals surface area contributed by atoms with Gasteiger partial charge in [0.1, 0.15) is 6.61 Å². The highest BCUT2D eigenvalue weighted by Crippen LogP contribution is 2.24. The molecule has 6 nitrogen and oxygen atoms in total. The van der Waals surface area contributed by atoms with Gasteiger partial charge in [-0.3, -0.25) is 0 Å². The van der Waals surface area contributed by atoms with Crippen LogP contribution < -0.4 is 9.13 Å². The van der Waals surface area contributed by atoms with Gasteiger partial charge in [0.25, 0.3) is 0 Å². The molecule has 0 saturated carbocycles. The van der Waals surface area contributed by atoms with Gasteiger partial charge < -0.3 is 10.0 Å². The van der Waals surface area contributed by atoms with E-state index in [1.165, 1.54) is 6.21 Å². The summed E-state index contributed by atoms with van der Waals surface area (Å²) in [6.07, 6.45) is 12.0. The Bertz CT molecular complexity index is 986. The molecule has 0 saturated heterocycles. The first-order chi connectivity index (χ1) is 14.7. The molecule has 154 valence electrons. The van der Waals surface area contributed by atoms with Crippen molar-refractivity contribution < 1.29 is 19.2 Å². The lowest BCUT2D eigenvalue weighted by atomic mass is 10.2. The average molecular weight is 445 g/mol. The molecule has 0 aliphatic carbocycles. The highest BCUT2D eigenvalue weighted by molar-refractivity contribution is 6.35. The summed E-state index contributed by atoms with van der Waals surface area (Å²) in [6, 6.07) is 13.1. The number of hydrogen-bond acceptors (Lipinski definition) is 4. The normalized spacial score (nSPS) is 11.4. The molecule has 30 heavy (non-hydrogen) atoms. The van der Waals surface area contributed by atoms with Crippen LogP contribution in [0.3, 0.4) is 0 Å². The molecule has 0 atom stereocenters. The van der Waals surface area contributed by atoms with Crippen molar-refractivity contribution >= 4 is 35.6 Å². The first kappa shape index (κ1) is 21.7. The number of pyridine rings is 2. The fourth-order valence-electron chi connectivity index (χ4n) is 2.78. The van der Waals surface area contributed by atoms with E-state index in [1.807, 2.05) is 49.1 Å². The zero-order valence-corrected chi connectivity index (χ0v) is 17.7. The molecule has 3 aromatic rings. The van der Waals surface area contributed by atoms with Gasteiger partial charge in [-0.15, -0.1) is 0 Å². The molecule has 0 fully saturated rings. The zero-order valence-electron chi connectivity index (χ0n) is 16.2. The lowest BCUT2D eigenvalue weighted by Gasteiger charge is -2.04. The predicted octanol–water partition coefficient (Wildman–Crippen LogP) is 4.02. The van der Waals surface area contributed by atoms with Crippen LogP contribution in [0.25, 0.3) is 0 Å². The number of rotatable bonds is 9. The van der Waals surface area contributed by atoms with Crippen molar-refractivity contribution in [3.05, 3.63) is 94.0 Å². The highest BCUT2D eigenvalue weighted by Gasteiger charge is 2.06. The van der Waals surface area contributed by atoms with E-state index >= 15 is 0 Å². The van der Waals surface area contributed by atoms with Gasteiger partial charge in [-0.25, -0.2) is 9.13 Å². The Hall–Kier alpha value is -2.96. The first-order valence-electron chi connectivity index (χ1n) is 9.39. The van der Waals surface area contributed by atoms with E-state index in [0.717, 1.165) is 36.2 Å². The molecule has 1 aromatic carbocycles. The van der Waals surface area contributed by atoms with Gasteiger partial charge in [-0.1, -0.05) is 39.6 Å². The van der Waals surface area contributed by atoms with E-state index in [2.05, 4.69) is 19.4 Å². The van der Waals surface area contributed by atoms with Crippen LogP contribution >= 0.6 is 23.2 Å². The van der Waals surface area contributed by atoms with E-state index in [1.54, 1.807) is 24.4 Å². The summed E-state index contributed by atoms with van der Waals surface area (Å²) in [5.74, 6) is 0. The van der Waals surface area contributed by atoms with Gasteiger partial charge in [0, 0.05) is 51.0 Å². The molecule has 0 aliphatic rings. The van der Waals surface area contributed by atoms with Crippen molar-refractivity contribution in [2.45, 2.75) is 26.1 Å². The number of nitrogens with zero attached hydrogens (tertiary/aromatic N) is 4. The van der Waals surface area contributed by atoms with E-state index < -0.39 is 0 Å². The fraction of sp³-hybridized carbons (Fsp3) is 0.182. The minimum absolute atomic E-state index is 0.216. The van der Waals surface area contributed by atoms with Crippen molar-refractivity contribution in [2.75, 3.05) is 0 Å². The van der Waals surface area contributed by atoms with Crippen molar-refractivity contribution in [2.24, 2.45) is 10.3 Å². The van der Waals surface area contributed by atoms with Gasteiger partial charge in [-0.2, -0.15) is 0 Å². The van der Waals surface area contributed by atoms with Crippen molar-refractivity contribution in [3.63, 3.8) is 0 Å². The van der Waals surface area contributed by atoms with E-state index in [-0.39, 0.29) is 6.61 Å². The molecule has 0 radical (unpaired) electrons. The van der Waals surface area contributed by atoms with Crippen molar-refractivity contribution in [1.29, 1.82) is 0 Å². The first-order valence-corrected chi connectivity index (χ1v) is 10.1. The third-order valence-electron chi connectivity index (χ3n) is 4.42. The van der Waals surface area contributed by atoms with E-state index in [4.69, 9.17) is 33.2 Å². The molecular weight excluding hydrogens is 423 g/mol. The smallest absolute Gasteiger partial charge is 0.169 e. The summed E-state index contributed by atoms with van der Waals surface area (Å²) in [5, 5.41) is 16.7. The summed E-state index contributed by atoms with van der Waals surface area (Å²) >= 11 is 12.2. The number of halogens is 2. The number of aromatic nitrogens is 2. The monoisotopic (exact) mass is 444 g/mol. The van der Waals surface area contributed by atoms with Crippen molar-refractivity contribution in [3.8, 4) is 0 Å². The summed E-state index contributed by atoms with van der Waals surface area (Å²) in [5.41, 5.74) is 2.52. The molecule has 2 heterocycles. The molecular formula is C22H22Cl2N4O2+2. The van der Waals surface area contributed by atoms with Crippen LogP contribution in [-0.2, 0) is 24.5 Å². The molecule has 0 unspecified atom stereocenters. The number of aryl methyl sites for hydroxylation is 2. The minimum atomic E-state index is 0.216. The van der Waals surface area contributed by atoms with Crippen LogP contribution in [0.4, 0.5) is 0 Å². The average Bonchev–Trinajstić information content (AvgIpc) is 2.75. The fourth-order valence-corrected chi connectivity index (χ4v) is 3.29. The van der Waals surface area contributed by atoms with Crippen LogP contribution in [0.1, 0.15) is 23.1 Å². The predicted molar refractivity (Wildman–Crippen MR) is 116 cm³/mol. The number of benzene rings is 1. The summed E-state index contributed by atoms with van der Waals surface area (Å²) in [7, 11) is 0. The molecule has 3 rings (SSSR count). The Kier molecular flexibility index (Phi) is 8.18. The molecule has 8 heteroatoms. The zero-order chi connectivity index (χ0) is 21.2. The molecule has 2 aromatic heterocycles. The quantitative estimate of drug-likeness (QED) is 0.234. The van der Waals surface area contributed by atoms with Gasteiger partial charge in [0.2, 0.25) is 0 Å². The summed E-state index contributed by atoms with van der Waals surface area (Å²) in [4.78, 5) is 5.32. The van der Waals surface area contributed by atoms with Crippen LogP contribution in [-0.4, -0.2) is 17.6 Å². The lowest BCUT2D eigenvalue weighted by molar-refractivity contribution is -0.726. The van der Waals surface area contributed by atoms with Gasteiger partial charge >= 0.3 is 0 Å². The standard InChI is InChI=1S/C22H21Cl2N4O2/c23-21-3-1-4-22(24)20(21)17-30-26-16-19-7-13-28(14-8-19)10-2-9-27-11-5-18(6-12-27)15-25-29/h1,3-8,11-16H,2,9-10,17H2/q+1/p+1/b26-16-. The van der Waals surface area contributed by atoms with Gasteiger partial charge in [-0.05, 0) is 12.1 Å². The second-order valence-electron chi connectivity index (χ2n) is 6.54. The molecule has 0 bridgehead atoms. The van der Waals surface area contributed by atoms with Crippen LogP contribution in [0.2, 0.25) is 10.0 Å². The minimum Gasteiger partial charge on any atom is -0.411 e. The molecule has 1 N–H and O–H groups in total. The van der Waals surface area contributed by atoms with E-state index in [0.29, 0.717) is 10.0 Å². The Balaban J connectivity index is 1.43. The Labute approximate surface area is 185 Å². The molecule has 0 aliphatic heterocycles. The lowest BCUT2D eigenvalue weighted by Crippen LogP contribution is -2.38. The largest absolute Gasteiger partial charge is 0.411 e. The molecule has 0 amide bonds. The van der Waals surface area contributed by atoms with Crippen LogP contribution in [0.5, 0.6) is 0 Å². The van der Waals surface area contributed by atoms with Gasteiger partial charge in [0.05, 0.1) is 18.9 Å². The number of hydrogen-bond donors (Lipinski definition) is 1. The van der Waals surface area contributed by atoms with Gasteiger partial charge in [0.15, 0.2) is 37.9 Å². The maximum Gasteiger partial charge on any atom is 0.169 e. The Morgan fingerprint density at radius 3 is 1.90 bits per heavy atom. The van der Waals surface area contributed by atoms with Crippen LogP contribution in [0, 0.1) is 0 Å². The second-order valence-corrected chi connectivity index (χ2v) is 7.36. The number of oxime groups is 2. The van der Waals surface area contributed by atoms with E-state index in [9.17, 15) is 0 Å². The third-order valence-corrected chi connectivity index (χ3v) is 5.13. The Morgan fingerprint density at radius 1 is 0.833 bits per heavy atom. The second kappa shape index (κ2) is 11.3. The topological polar surface area (TPSA) is 61.9 Å². The highest BCUT2D eigenvalue weighted by atomic mass is 35.5. The third kappa shape index (κ3) is 6.54. The molecule has 0 spiro atoms. The van der Waals surface area contributed by atoms with Crippen LogP contribution in [0.15, 0.2) is 77.6 Å². The van der Waals surface area contributed by atoms with Crippen molar-refractivity contribution in [1.82, 2.24) is 0 Å². The summed E-state index contributed by atoms with van der Waals surface area (Å²) in [6.45, 7) is 2.00. The Morgan fingerprint density at radius 2 is 1.37 bits per heavy atom. The SMILES string of the molecule is ON=Cc1cc[n+](CCC[n+]2ccc(/C=N\OCc3c(Cl)cccc3Cl)cc2)cc1. The maximum absolute atomic E-state index is 8.54. The summed E-state index contributed by atoms with van der Waals surface area (Å²) < 4.78 is 4.22. The maximum atomic E-state index is 8.54.